The molecule has 0 aromatic heterocycles. The predicted octanol–water partition coefficient (Wildman–Crippen LogP) is 2.71. The van der Waals surface area contributed by atoms with Gasteiger partial charge in [0.05, 0.1) is 13.5 Å². The molecule has 0 fully saturated rings. The minimum absolute atomic E-state index is 0.0195. The SMILES string of the molecule is COc1ccc(CN(CCNC(=O)Cc2ccccc2C)C(C)=O)cc1. The number of aryl methyl sites for hydroxylation is 1. The average Bonchev–Trinajstić information content (AvgIpc) is 2.63. The van der Waals surface area contributed by atoms with E-state index in [0.717, 1.165) is 22.4 Å². The number of benzene rings is 2. The van der Waals surface area contributed by atoms with Crippen LogP contribution in [0.3, 0.4) is 0 Å². The molecular weight excluding hydrogens is 328 g/mol. The summed E-state index contributed by atoms with van der Waals surface area (Å²) in [6, 6.07) is 15.5. The van der Waals surface area contributed by atoms with Gasteiger partial charge >= 0.3 is 0 Å². The van der Waals surface area contributed by atoms with Gasteiger partial charge in [-0.15, -0.1) is 0 Å². The maximum atomic E-state index is 12.1. The molecule has 138 valence electrons. The minimum atomic E-state index is -0.0350. The molecule has 0 bridgehead atoms. The smallest absolute Gasteiger partial charge is 0.224 e. The molecule has 0 atom stereocenters. The molecule has 0 heterocycles. The summed E-state index contributed by atoms with van der Waals surface area (Å²) in [5.41, 5.74) is 3.14. The van der Waals surface area contributed by atoms with E-state index in [4.69, 9.17) is 4.74 Å². The van der Waals surface area contributed by atoms with Gasteiger partial charge in [0.15, 0.2) is 0 Å². The fourth-order valence-corrected chi connectivity index (χ4v) is 2.67. The number of carbonyl (C=O) groups excluding carboxylic acids is 2. The molecule has 0 aliphatic carbocycles. The van der Waals surface area contributed by atoms with Crippen LogP contribution >= 0.6 is 0 Å². The van der Waals surface area contributed by atoms with Gasteiger partial charge in [-0.2, -0.15) is 0 Å². The standard InChI is InChI=1S/C21H26N2O3/c1-16-6-4-5-7-19(16)14-21(25)22-12-13-23(17(2)24)15-18-8-10-20(26-3)11-9-18/h4-11H,12-15H2,1-3H3,(H,22,25). The van der Waals surface area contributed by atoms with Gasteiger partial charge in [0.1, 0.15) is 5.75 Å². The van der Waals surface area contributed by atoms with E-state index in [1.807, 2.05) is 55.5 Å². The van der Waals surface area contributed by atoms with Gasteiger partial charge < -0.3 is 15.0 Å². The molecule has 0 aliphatic heterocycles. The van der Waals surface area contributed by atoms with Gasteiger partial charge in [0.25, 0.3) is 0 Å². The van der Waals surface area contributed by atoms with E-state index in [2.05, 4.69) is 5.32 Å². The summed E-state index contributed by atoms with van der Waals surface area (Å²) in [6.45, 7) is 4.95. The summed E-state index contributed by atoms with van der Waals surface area (Å²) in [5, 5.41) is 2.89. The van der Waals surface area contributed by atoms with Crippen LogP contribution in [0.2, 0.25) is 0 Å². The number of nitrogens with zero attached hydrogens (tertiary/aromatic N) is 1. The van der Waals surface area contributed by atoms with Crippen LogP contribution in [0.5, 0.6) is 5.75 Å². The molecule has 5 nitrogen and oxygen atoms in total. The fraction of sp³-hybridized carbons (Fsp3) is 0.333. The second kappa shape index (κ2) is 9.61. The highest BCUT2D eigenvalue weighted by atomic mass is 16.5. The fourth-order valence-electron chi connectivity index (χ4n) is 2.67. The van der Waals surface area contributed by atoms with Crippen molar-refractivity contribution in [3.05, 3.63) is 65.2 Å². The van der Waals surface area contributed by atoms with Gasteiger partial charge in [-0.3, -0.25) is 9.59 Å². The molecule has 2 amide bonds. The summed E-state index contributed by atoms with van der Waals surface area (Å²) >= 11 is 0. The Labute approximate surface area is 155 Å². The number of hydrogen-bond acceptors (Lipinski definition) is 3. The Kier molecular flexibility index (Phi) is 7.21. The van der Waals surface area contributed by atoms with Crippen molar-refractivity contribution in [2.75, 3.05) is 20.2 Å². The lowest BCUT2D eigenvalue weighted by molar-refractivity contribution is -0.130. The maximum Gasteiger partial charge on any atom is 0.224 e. The van der Waals surface area contributed by atoms with E-state index in [-0.39, 0.29) is 11.8 Å². The van der Waals surface area contributed by atoms with Gasteiger partial charge in [0, 0.05) is 26.6 Å². The zero-order valence-corrected chi connectivity index (χ0v) is 15.6. The molecule has 0 spiro atoms. The molecule has 0 unspecified atom stereocenters. The summed E-state index contributed by atoms with van der Waals surface area (Å²) in [7, 11) is 1.62. The Morgan fingerprint density at radius 1 is 1.08 bits per heavy atom. The van der Waals surface area contributed by atoms with Crippen LogP contribution in [-0.2, 0) is 22.6 Å². The van der Waals surface area contributed by atoms with Crippen molar-refractivity contribution in [3.63, 3.8) is 0 Å². The van der Waals surface area contributed by atoms with Gasteiger partial charge in [0.2, 0.25) is 11.8 Å². The van der Waals surface area contributed by atoms with E-state index < -0.39 is 0 Å². The summed E-state index contributed by atoms with van der Waals surface area (Å²) in [4.78, 5) is 25.7. The third-order valence-corrected chi connectivity index (χ3v) is 4.29. The number of amides is 2. The van der Waals surface area contributed by atoms with Crippen LogP contribution < -0.4 is 10.1 Å². The zero-order chi connectivity index (χ0) is 18.9. The minimum Gasteiger partial charge on any atom is -0.497 e. The molecule has 0 aliphatic rings. The van der Waals surface area contributed by atoms with Gasteiger partial charge in [-0.25, -0.2) is 0 Å². The molecule has 26 heavy (non-hydrogen) atoms. The summed E-state index contributed by atoms with van der Waals surface area (Å²) < 4.78 is 5.14. The quantitative estimate of drug-likeness (QED) is 0.793. The molecule has 2 aromatic rings. The molecule has 0 radical (unpaired) electrons. The number of carbonyl (C=O) groups is 2. The molecule has 0 saturated carbocycles. The lowest BCUT2D eigenvalue weighted by Crippen LogP contribution is -2.37. The third kappa shape index (κ3) is 5.92. The Morgan fingerprint density at radius 3 is 2.38 bits per heavy atom. The van der Waals surface area contributed by atoms with Crippen LogP contribution in [0, 0.1) is 6.92 Å². The third-order valence-electron chi connectivity index (χ3n) is 4.29. The van der Waals surface area contributed by atoms with Crippen LogP contribution in [0.4, 0.5) is 0 Å². The van der Waals surface area contributed by atoms with Crippen molar-refractivity contribution in [1.29, 1.82) is 0 Å². The Hall–Kier alpha value is -2.82. The number of ether oxygens (including phenoxy) is 1. The van der Waals surface area contributed by atoms with Crippen LogP contribution in [-0.4, -0.2) is 36.9 Å². The van der Waals surface area contributed by atoms with Crippen molar-refractivity contribution in [1.82, 2.24) is 10.2 Å². The van der Waals surface area contributed by atoms with Gasteiger partial charge in [-0.1, -0.05) is 36.4 Å². The van der Waals surface area contributed by atoms with Crippen molar-refractivity contribution < 1.29 is 14.3 Å². The Morgan fingerprint density at radius 2 is 1.77 bits per heavy atom. The number of methoxy groups -OCH3 is 1. The van der Waals surface area contributed by atoms with Crippen LogP contribution in [0.25, 0.3) is 0 Å². The van der Waals surface area contributed by atoms with E-state index in [1.54, 1.807) is 18.9 Å². The number of rotatable bonds is 8. The molecule has 2 rings (SSSR count). The van der Waals surface area contributed by atoms with E-state index >= 15 is 0 Å². The maximum absolute atomic E-state index is 12.1. The molecule has 5 heteroatoms. The highest BCUT2D eigenvalue weighted by Gasteiger charge is 2.11. The van der Waals surface area contributed by atoms with Crippen LogP contribution in [0.1, 0.15) is 23.6 Å². The largest absolute Gasteiger partial charge is 0.497 e. The van der Waals surface area contributed by atoms with E-state index in [0.29, 0.717) is 26.1 Å². The molecule has 0 saturated heterocycles. The second-order valence-electron chi connectivity index (χ2n) is 6.24. The number of nitrogens with one attached hydrogen (secondary N) is 1. The average molecular weight is 354 g/mol. The van der Waals surface area contributed by atoms with E-state index in [9.17, 15) is 9.59 Å². The van der Waals surface area contributed by atoms with Gasteiger partial charge in [-0.05, 0) is 35.7 Å². The lowest BCUT2D eigenvalue weighted by Gasteiger charge is -2.21. The zero-order valence-electron chi connectivity index (χ0n) is 15.6. The molecule has 1 N–H and O–H groups in total. The van der Waals surface area contributed by atoms with Crippen molar-refractivity contribution >= 4 is 11.8 Å². The first-order valence-corrected chi connectivity index (χ1v) is 8.69. The Bertz CT molecular complexity index is 741. The molecule has 2 aromatic carbocycles. The predicted molar refractivity (Wildman–Crippen MR) is 102 cm³/mol. The van der Waals surface area contributed by atoms with E-state index in [1.165, 1.54) is 0 Å². The normalized spacial score (nSPS) is 10.3. The Balaban J connectivity index is 1.83. The first-order valence-electron chi connectivity index (χ1n) is 8.69. The highest BCUT2D eigenvalue weighted by Crippen LogP contribution is 2.13. The lowest BCUT2D eigenvalue weighted by atomic mass is 10.1. The highest BCUT2D eigenvalue weighted by molar-refractivity contribution is 5.79. The van der Waals surface area contributed by atoms with Crippen molar-refractivity contribution in [2.24, 2.45) is 0 Å². The first-order chi connectivity index (χ1) is 12.5. The monoisotopic (exact) mass is 354 g/mol. The van der Waals surface area contributed by atoms with Crippen molar-refractivity contribution in [2.45, 2.75) is 26.8 Å². The van der Waals surface area contributed by atoms with Crippen LogP contribution in [0.15, 0.2) is 48.5 Å². The topological polar surface area (TPSA) is 58.6 Å². The van der Waals surface area contributed by atoms with Crippen molar-refractivity contribution in [3.8, 4) is 5.75 Å². The summed E-state index contributed by atoms with van der Waals surface area (Å²) in [6.07, 6.45) is 0.352. The number of hydrogen-bond donors (Lipinski definition) is 1. The first kappa shape index (κ1) is 19.5. The summed E-state index contributed by atoms with van der Waals surface area (Å²) in [5.74, 6) is 0.729. The second-order valence-corrected chi connectivity index (χ2v) is 6.24. The molecular formula is C21H26N2O3.